The number of nitrogens with one attached hydrogen (secondary N) is 1. The maximum atomic E-state index is 10.6. The Kier molecular flexibility index (Phi) is 5.25. The average Bonchev–Trinajstić information content (AvgIpc) is 2.38. The molecule has 1 aliphatic carbocycles. The van der Waals surface area contributed by atoms with E-state index in [1.807, 2.05) is 0 Å². The van der Waals surface area contributed by atoms with Crippen LogP contribution < -0.4 is 10.1 Å². The van der Waals surface area contributed by atoms with Crippen LogP contribution in [0.5, 0.6) is 5.75 Å². The largest absolute Gasteiger partial charge is 0.487 e. The Labute approximate surface area is 126 Å². The lowest BCUT2D eigenvalue weighted by molar-refractivity contribution is 0.165. The Morgan fingerprint density at radius 1 is 1.40 bits per heavy atom. The van der Waals surface area contributed by atoms with Gasteiger partial charge in [-0.1, -0.05) is 29.6 Å². The van der Waals surface area contributed by atoms with E-state index in [4.69, 9.17) is 33.0 Å². The topological polar surface area (TPSA) is 84.3 Å². The third-order valence-corrected chi connectivity index (χ3v) is 3.83. The number of halogens is 2. The molecule has 8 heteroatoms. The van der Waals surface area contributed by atoms with Crippen LogP contribution in [0.4, 0.5) is 4.79 Å². The Balaban J connectivity index is 1.89. The van der Waals surface area contributed by atoms with Crippen molar-refractivity contribution in [1.29, 1.82) is 0 Å². The predicted octanol–water partition coefficient (Wildman–Crippen LogP) is 2.99. The second-order valence-electron chi connectivity index (χ2n) is 4.77. The summed E-state index contributed by atoms with van der Waals surface area (Å²) in [6, 6.07) is -0.0205. The van der Waals surface area contributed by atoms with E-state index >= 15 is 0 Å². The maximum Gasteiger partial charge on any atom is 0.404 e. The van der Waals surface area contributed by atoms with Crippen molar-refractivity contribution in [2.75, 3.05) is 6.61 Å². The molecule has 1 amide bonds. The summed E-state index contributed by atoms with van der Waals surface area (Å²) < 4.78 is 5.60. The first-order chi connectivity index (χ1) is 9.56. The quantitative estimate of drug-likeness (QED) is 0.833. The van der Waals surface area contributed by atoms with E-state index in [0.29, 0.717) is 6.61 Å². The minimum absolute atomic E-state index is 0.0205. The molecule has 2 N–H and O–H groups in total. The van der Waals surface area contributed by atoms with Gasteiger partial charge >= 0.3 is 6.09 Å². The van der Waals surface area contributed by atoms with Crippen LogP contribution in [0, 0.1) is 5.92 Å². The molecule has 1 aliphatic rings. The zero-order chi connectivity index (χ0) is 14.5. The summed E-state index contributed by atoms with van der Waals surface area (Å²) in [7, 11) is 0. The van der Waals surface area contributed by atoms with E-state index in [0.717, 1.165) is 25.7 Å². The highest BCUT2D eigenvalue weighted by atomic mass is 35.5. The number of aromatic nitrogens is 2. The summed E-state index contributed by atoms with van der Waals surface area (Å²) in [5, 5.41) is 11.6. The highest BCUT2D eigenvalue weighted by Crippen LogP contribution is 2.31. The van der Waals surface area contributed by atoms with Crippen molar-refractivity contribution >= 4 is 29.3 Å². The van der Waals surface area contributed by atoms with Gasteiger partial charge in [0.05, 0.1) is 6.61 Å². The molecule has 1 aromatic rings. The fraction of sp³-hybridized carbons (Fsp3) is 0.583. The first-order valence-corrected chi connectivity index (χ1v) is 7.10. The van der Waals surface area contributed by atoms with E-state index in [9.17, 15) is 4.79 Å². The summed E-state index contributed by atoms with van der Waals surface area (Å²) in [6.07, 6.45) is 3.84. The molecule has 1 heterocycles. The highest BCUT2D eigenvalue weighted by molar-refractivity contribution is 6.35. The van der Waals surface area contributed by atoms with Gasteiger partial charge in [0.1, 0.15) is 6.33 Å². The van der Waals surface area contributed by atoms with Gasteiger partial charge in [-0.15, -0.1) is 0 Å². The highest BCUT2D eigenvalue weighted by Gasteiger charge is 2.24. The standard InChI is InChI=1S/C12H15Cl2N3O3/c13-10-9(11(14)16-6-15-10)20-5-7-2-1-3-8(4-7)17-12(18)19/h6-8,17H,1-5H2,(H,18,19)/t7-,8+/m0/s1. The van der Waals surface area contributed by atoms with E-state index in [1.54, 1.807) is 0 Å². The SMILES string of the molecule is O=C(O)N[C@@H]1CCC[C@H](COc2c(Cl)ncnc2Cl)C1. The van der Waals surface area contributed by atoms with Crippen LogP contribution in [0.2, 0.25) is 10.3 Å². The third-order valence-electron chi connectivity index (χ3n) is 3.29. The summed E-state index contributed by atoms with van der Waals surface area (Å²) >= 11 is 11.8. The smallest absolute Gasteiger partial charge is 0.404 e. The van der Waals surface area contributed by atoms with Gasteiger partial charge in [-0.2, -0.15) is 0 Å². The molecule has 0 radical (unpaired) electrons. The van der Waals surface area contributed by atoms with Gasteiger partial charge in [0, 0.05) is 6.04 Å². The molecule has 2 atom stereocenters. The van der Waals surface area contributed by atoms with Crippen LogP contribution in [0.3, 0.4) is 0 Å². The van der Waals surface area contributed by atoms with Gasteiger partial charge in [-0.3, -0.25) is 0 Å². The van der Waals surface area contributed by atoms with Crippen molar-refractivity contribution < 1.29 is 14.6 Å². The second-order valence-corrected chi connectivity index (χ2v) is 5.49. The van der Waals surface area contributed by atoms with Crippen LogP contribution in [0.15, 0.2) is 6.33 Å². The first-order valence-electron chi connectivity index (χ1n) is 6.34. The molecular weight excluding hydrogens is 305 g/mol. The van der Waals surface area contributed by atoms with Gasteiger partial charge in [-0.05, 0) is 25.2 Å². The fourth-order valence-electron chi connectivity index (χ4n) is 2.40. The number of nitrogens with zero attached hydrogens (tertiary/aromatic N) is 2. The lowest BCUT2D eigenvalue weighted by Crippen LogP contribution is -2.38. The van der Waals surface area contributed by atoms with E-state index in [-0.39, 0.29) is 28.0 Å². The Morgan fingerprint density at radius 3 is 2.75 bits per heavy atom. The minimum Gasteiger partial charge on any atom is -0.487 e. The molecular formula is C12H15Cl2N3O3. The van der Waals surface area contributed by atoms with Gasteiger partial charge in [0.2, 0.25) is 0 Å². The summed E-state index contributed by atoms with van der Waals surface area (Å²) in [4.78, 5) is 18.3. The molecule has 0 bridgehead atoms. The number of carboxylic acid groups (broad SMARTS) is 1. The second kappa shape index (κ2) is 6.95. The van der Waals surface area contributed by atoms with Crippen molar-refractivity contribution in [1.82, 2.24) is 15.3 Å². The molecule has 0 saturated heterocycles. The zero-order valence-corrected chi connectivity index (χ0v) is 12.2. The van der Waals surface area contributed by atoms with Gasteiger partial charge in [-0.25, -0.2) is 14.8 Å². The molecule has 20 heavy (non-hydrogen) atoms. The monoisotopic (exact) mass is 319 g/mol. The average molecular weight is 320 g/mol. The minimum atomic E-state index is -0.987. The van der Waals surface area contributed by atoms with Crippen molar-refractivity contribution in [3.63, 3.8) is 0 Å². The molecule has 6 nitrogen and oxygen atoms in total. The number of rotatable bonds is 4. The molecule has 0 unspecified atom stereocenters. The first kappa shape index (κ1) is 15.1. The Bertz CT molecular complexity index is 467. The molecule has 1 aromatic heterocycles. The van der Waals surface area contributed by atoms with E-state index < -0.39 is 6.09 Å². The number of amides is 1. The van der Waals surface area contributed by atoms with Crippen LogP contribution in [-0.2, 0) is 0 Å². The van der Waals surface area contributed by atoms with E-state index in [1.165, 1.54) is 6.33 Å². The molecule has 0 aliphatic heterocycles. The fourth-order valence-corrected chi connectivity index (χ4v) is 2.82. The summed E-state index contributed by atoms with van der Waals surface area (Å²) in [5.74, 6) is 0.539. The van der Waals surface area contributed by atoms with Crippen molar-refractivity contribution in [2.45, 2.75) is 31.7 Å². The summed E-state index contributed by atoms with van der Waals surface area (Å²) in [5.41, 5.74) is 0. The Morgan fingerprint density at radius 2 is 2.10 bits per heavy atom. The van der Waals surface area contributed by atoms with Crippen molar-refractivity contribution in [3.8, 4) is 5.75 Å². The molecule has 2 rings (SSSR count). The van der Waals surface area contributed by atoms with Crippen molar-refractivity contribution in [3.05, 3.63) is 16.6 Å². The zero-order valence-electron chi connectivity index (χ0n) is 10.7. The third kappa shape index (κ3) is 4.11. The number of carbonyl (C=O) groups is 1. The lowest BCUT2D eigenvalue weighted by atomic mass is 9.86. The van der Waals surface area contributed by atoms with Crippen LogP contribution >= 0.6 is 23.2 Å². The van der Waals surface area contributed by atoms with Gasteiger partial charge < -0.3 is 15.2 Å². The van der Waals surface area contributed by atoms with E-state index in [2.05, 4.69) is 15.3 Å². The normalized spacial score (nSPS) is 22.3. The maximum absolute atomic E-state index is 10.6. The van der Waals surface area contributed by atoms with Gasteiger partial charge in [0.25, 0.3) is 0 Å². The number of ether oxygens (including phenoxy) is 1. The van der Waals surface area contributed by atoms with Crippen LogP contribution in [0.25, 0.3) is 0 Å². The molecule has 110 valence electrons. The molecule has 1 fully saturated rings. The number of hydrogen-bond donors (Lipinski definition) is 2. The molecule has 0 spiro atoms. The molecule has 0 aromatic carbocycles. The van der Waals surface area contributed by atoms with Gasteiger partial charge in [0.15, 0.2) is 16.1 Å². The predicted molar refractivity (Wildman–Crippen MR) is 74.5 cm³/mol. The summed E-state index contributed by atoms with van der Waals surface area (Å²) in [6.45, 7) is 0.421. The van der Waals surface area contributed by atoms with Crippen molar-refractivity contribution in [2.24, 2.45) is 5.92 Å². The molecule has 1 saturated carbocycles. The number of hydrogen-bond acceptors (Lipinski definition) is 4. The van der Waals surface area contributed by atoms with Crippen LogP contribution in [0.1, 0.15) is 25.7 Å². The lowest BCUT2D eigenvalue weighted by Gasteiger charge is -2.28. The van der Waals surface area contributed by atoms with Crippen LogP contribution in [-0.4, -0.2) is 33.8 Å². The Hall–Kier alpha value is -1.27.